The fraction of sp³-hybridized carbons (Fsp3) is 0.500. The molecule has 0 aromatic heterocycles. The fourth-order valence-corrected chi connectivity index (χ4v) is 1.63. The maximum atomic E-state index is 13.2. The van der Waals surface area contributed by atoms with E-state index in [4.69, 9.17) is 5.73 Å². The Balaban J connectivity index is 1.78. The van der Waals surface area contributed by atoms with Crippen molar-refractivity contribution in [2.75, 3.05) is 13.1 Å². The van der Waals surface area contributed by atoms with Crippen molar-refractivity contribution in [3.05, 3.63) is 35.4 Å². The Morgan fingerprint density at radius 2 is 2.06 bits per heavy atom. The summed E-state index contributed by atoms with van der Waals surface area (Å²) in [6.07, 6.45) is 2.59. The van der Waals surface area contributed by atoms with Gasteiger partial charge in [-0.05, 0) is 49.6 Å². The molecule has 16 heavy (non-hydrogen) atoms. The minimum absolute atomic E-state index is 0.0412. The minimum atomic E-state index is -0.395. The molecule has 1 aromatic carbocycles. The van der Waals surface area contributed by atoms with Gasteiger partial charge in [0, 0.05) is 12.1 Å². The van der Waals surface area contributed by atoms with E-state index < -0.39 is 5.82 Å². The molecular weight excluding hydrogens is 210 g/mol. The Bertz CT molecular complexity index is 375. The third kappa shape index (κ3) is 3.00. The molecule has 0 amide bonds. The van der Waals surface area contributed by atoms with Crippen LogP contribution in [0.5, 0.6) is 0 Å². The lowest BCUT2D eigenvalue weighted by atomic mass is 10.1. The van der Waals surface area contributed by atoms with Crippen LogP contribution in [0.1, 0.15) is 18.4 Å². The zero-order valence-electron chi connectivity index (χ0n) is 9.10. The summed E-state index contributed by atoms with van der Waals surface area (Å²) >= 11 is 0. The highest BCUT2D eigenvalue weighted by molar-refractivity contribution is 5.19. The van der Waals surface area contributed by atoms with Gasteiger partial charge in [0.2, 0.25) is 0 Å². The molecule has 0 bridgehead atoms. The first kappa shape index (κ1) is 11.5. The Kier molecular flexibility index (Phi) is 3.21. The van der Waals surface area contributed by atoms with Crippen LogP contribution in [0.25, 0.3) is 0 Å². The van der Waals surface area contributed by atoms with E-state index in [0.29, 0.717) is 18.5 Å². The molecule has 0 aliphatic heterocycles. The third-order valence-electron chi connectivity index (χ3n) is 2.95. The fourth-order valence-electron chi connectivity index (χ4n) is 1.63. The smallest absolute Gasteiger partial charge is 0.126 e. The molecule has 0 heterocycles. The SMILES string of the molecule is NC1(CNCCc2cc(F)ccc2F)CC1. The van der Waals surface area contributed by atoms with E-state index in [9.17, 15) is 8.78 Å². The number of hydrogen-bond donors (Lipinski definition) is 2. The van der Waals surface area contributed by atoms with Gasteiger partial charge < -0.3 is 11.1 Å². The maximum absolute atomic E-state index is 13.2. The first-order valence-corrected chi connectivity index (χ1v) is 5.53. The zero-order chi connectivity index (χ0) is 11.6. The average molecular weight is 226 g/mol. The summed E-state index contributed by atoms with van der Waals surface area (Å²) in [5.41, 5.74) is 6.25. The van der Waals surface area contributed by atoms with Gasteiger partial charge in [-0.25, -0.2) is 8.78 Å². The standard InChI is InChI=1S/C12H16F2N2/c13-10-1-2-11(14)9(7-10)3-6-16-8-12(15)4-5-12/h1-2,7,16H,3-6,8,15H2. The molecular formula is C12H16F2N2. The van der Waals surface area contributed by atoms with E-state index in [0.717, 1.165) is 31.5 Å². The third-order valence-corrected chi connectivity index (χ3v) is 2.95. The van der Waals surface area contributed by atoms with Gasteiger partial charge in [-0.1, -0.05) is 0 Å². The van der Waals surface area contributed by atoms with Crippen molar-refractivity contribution < 1.29 is 8.78 Å². The highest BCUT2D eigenvalue weighted by Crippen LogP contribution is 2.30. The topological polar surface area (TPSA) is 38.0 Å². The highest BCUT2D eigenvalue weighted by atomic mass is 19.1. The molecule has 1 fully saturated rings. The van der Waals surface area contributed by atoms with Gasteiger partial charge in [-0.15, -0.1) is 0 Å². The number of rotatable bonds is 5. The Hall–Kier alpha value is -1.00. The Morgan fingerprint density at radius 1 is 1.31 bits per heavy atom. The second kappa shape index (κ2) is 4.47. The predicted octanol–water partition coefficient (Wildman–Crippen LogP) is 1.59. The first-order chi connectivity index (χ1) is 7.59. The number of nitrogens with two attached hydrogens (primary N) is 1. The lowest BCUT2D eigenvalue weighted by molar-refractivity contribution is 0.553. The molecule has 1 aromatic rings. The second-order valence-electron chi connectivity index (χ2n) is 4.52. The molecule has 4 heteroatoms. The van der Waals surface area contributed by atoms with Gasteiger partial charge in [0.05, 0.1) is 0 Å². The maximum Gasteiger partial charge on any atom is 0.126 e. The molecule has 0 radical (unpaired) electrons. The summed E-state index contributed by atoms with van der Waals surface area (Å²) in [5, 5.41) is 3.17. The number of nitrogens with one attached hydrogen (secondary N) is 1. The van der Waals surface area contributed by atoms with E-state index >= 15 is 0 Å². The van der Waals surface area contributed by atoms with Crippen molar-refractivity contribution in [3.8, 4) is 0 Å². The summed E-state index contributed by atoms with van der Waals surface area (Å²) in [6, 6.07) is 3.54. The molecule has 0 atom stereocenters. The molecule has 1 saturated carbocycles. The van der Waals surface area contributed by atoms with Gasteiger partial charge in [-0.2, -0.15) is 0 Å². The van der Waals surface area contributed by atoms with Crippen molar-refractivity contribution in [3.63, 3.8) is 0 Å². The van der Waals surface area contributed by atoms with Crippen LogP contribution >= 0.6 is 0 Å². The lowest BCUT2D eigenvalue weighted by Gasteiger charge is -2.10. The molecule has 3 N–H and O–H groups in total. The van der Waals surface area contributed by atoms with Crippen molar-refractivity contribution in [2.45, 2.75) is 24.8 Å². The van der Waals surface area contributed by atoms with Crippen LogP contribution in [0.3, 0.4) is 0 Å². The van der Waals surface area contributed by atoms with Crippen LogP contribution in [-0.2, 0) is 6.42 Å². The molecule has 2 nitrogen and oxygen atoms in total. The molecule has 2 rings (SSSR count). The van der Waals surface area contributed by atoms with Crippen LogP contribution in [0, 0.1) is 11.6 Å². The van der Waals surface area contributed by atoms with Crippen LogP contribution in [0.15, 0.2) is 18.2 Å². The van der Waals surface area contributed by atoms with Crippen LogP contribution in [-0.4, -0.2) is 18.6 Å². The van der Waals surface area contributed by atoms with E-state index in [1.807, 2.05) is 0 Å². The molecule has 88 valence electrons. The van der Waals surface area contributed by atoms with E-state index in [2.05, 4.69) is 5.32 Å². The van der Waals surface area contributed by atoms with Crippen LogP contribution in [0.4, 0.5) is 8.78 Å². The Labute approximate surface area is 93.8 Å². The second-order valence-corrected chi connectivity index (χ2v) is 4.52. The zero-order valence-corrected chi connectivity index (χ0v) is 9.10. The molecule has 0 spiro atoms. The van der Waals surface area contributed by atoms with Gasteiger partial charge in [-0.3, -0.25) is 0 Å². The lowest BCUT2D eigenvalue weighted by Crippen LogP contribution is -2.36. The number of benzene rings is 1. The van der Waals surface area contributed by atoms with Crippen molar-refractivity contribution in [1.82, 2.24) is 5.32 Å². The minimum Gasteiger partial charge on any atom is -0.324 e. The summed E-state index contributed by atoms with van der Waals surface area (Å²) in [7, 11) is 0. The predicted molar refractivity (Wildman–Crippen MR) is 59.1 cm³/mol. The van der Waals surface area contributed by atoms with Gasteiger partial charge in [0.25, 0.3) is 0 Å². The summed E-state index contributed by atoms with van der Waals surface area (Å²) < 4.78 is 26.1. The molecule has 0 saturated heterocycles. The van der Waals surface area contributed by atoms with E-state index in [1.165, 1.54) is 6.07 Å². The van der Waals surface area contributed by atoms with Gasteiger partial charge in [0.15, 0.2) is 0 Å². The largest absolute Gasteiger partial charge is 0.324 e. The van der Waals surface area contributed by atoms with Crippen LogP contribution in [0.2, 0.25) is 0 Å². The van der Waals surface area contributed by atoms with Crippen molar-refractivity contribution >= 4 is 0 Å². The quantitative estimate of drug-likeness (QED) is 0.748. The Morgan fingerprint density at radius 3 is 2.75 bits per heavy atom. The van der Waals surface area contributed by atoms with E-state index in [-0.39, 0.29) is 11.4 Å². The summed E-state index contributed by atoms with van der Waals surface area (Å²) in [5.74, 6) is -0.744. The van der Waals surface area contributed by atoms with Gasteiger partial charge in [0.1, 0.15) is 11.6 Å². The highest BCUT2D eigenvalue weighted by Gasteiger charge is 2.37. The van der Waals surface area contributed by atoms with Crippen molar-refractivity contribution in [1.29, 1.82) is 0 Å². The van der Waals surface area contributed by atoms with E-state index in [1.54, 1.807) is 0 Å². The van der Waals surface area contributed by atoms with Crippen LogP contribution < -0.4 is 11.1 Å². The molecule has 1 aliphatic carbocycles. The summed E-state index contributed by atoms with van der Waals surface area (Å²) in [4.78, 5) is 0. The normalized spacial score (nSPS) is 17.4. The van der Waals surface area contributed by atoms with Crippen molar-refractivity contribution in [2.24, 2.45) is 5.73 Å². The first-order valence-electron chi connectivity index (χ1n) is 5.53. The number of halogens is 2. The average Bonchev–Trinajstić information content (AvgIpc) is 2.97. The molecule has 1 aliphatic rings. The summed E-state index contributed by atoms with van der Waals surface area (Å²) in [6.45, 7) is 1.38. The monoisotopic (exact) mass is 226 g/mol. The number of hydrogen-bond acceptors (Lipinski definition) is 2. The van der Waals surface area contributed by atoms with Gasteiger partial charge >= 0.3 is 0 Å². The molecule has 0 unspecified atom stereocenters.